The van der Waals surface area contributed by atoms with E-state index in [1.165, 1.54) is 0 Å². The summed E-state index contributed by atoms with van der Waals surface area (Å²) < 4.78 is 5.15. The second-order valence-corrected chi connectivity index (χ2v) is 3.92. The summed E-state index contributed by atoms with van der Waals surface area (Å²) >= 11 is 3.11. The number of nitro groups is 1. The van der Waals surface area contributed by atoms with Crippen molar-refractivity contribution in [2.24, 2.45) is 0 Å². The number of nitrogens with zero attached hydrogens (tertiary/aromatic N) is 1. The fourth-order valence-corrected chi connectivity index (χ4v) is 1.79. The summed E-state index contributed by atoms with van der Waals surface area (Å²) in [6.45, 7) is 3.40. The Morgan fingerprint density at radius 1 is 1.56 bits per heavy atom. The maximum Gasteiger partial charge on any atom is 0.346 e. The zero-order valence-electron chi connectivity index (χ0n) is 8.82. The Morgan fingerprint density at radius 3 is 2.69 bits per heavy atom. The normalized spacial score (nSPS) is 9.94. The van der Waals surface area contributed by atoms with E-state index in [9.17, 15) is 14.9 Å². The Balaban J connectivity index is 3.40. The molecule has 0 heterocycles. The molecule has 0 aliphatic rings. The largest absolute Gasteiger partial charge is 0.462 e. The van der Waals surface area contributed by atoms with Gasteiger partial charge in [0, 0.05) is 10.0 Å². The minimum atomic E-state index is -0.690. The number of carbonyl (C=O) groups excluding carboxylic acids is 1. The lowest BCUT2D eigenvalue weighted by Crippen LogP contribution is -2.10. The van der Waals surface area contributed by atoms with E-state index in [0.29, 0.717) is 10.0 Å². The lowest BCUT2D eigenvalue weighted by Gasteiger charge is -2.06. The highest BCUT2D eigenvalue weighted by Gasteiger charge is 2.26. The molecule has 0 spiro atoms. The number of benzene rings is 1. The van der Waals surface area contributed by atoms with Crippen molar-refractivity contribution in [2.75, 3.05) is 6.61 Å². The van der Waals surface area contributed by atoms with Gasteiger partial charge in [-0.1, -0.05) is 6.07 Å². The standard InChI is InChI=1S/C10H10BrNO4/c1-3-16-10(13)8-7(11)5-4-6(2)9(8)12(14)15/h4-5H,3H2,1-2H3. The molecular formula is C10H10BrNO4. The van der Waals surface area contributed by atoms with E-state index in [-0.39, 0.29) is 17.9 Å². The van der Waals surface area contributed by atoms with Gasteiger partial charge in [0.05, 0.1) is 11.5 Å². The van der Waals surface area contributed by atoms with Gasteiger partial charge in [-0.25, -0.2) is 4.79 Å². The predicted molar refractivity (Wildman–Crippen MR) is 61.5 cm³/mol. The lowest BCUT2D eigenvalue weighted by atomic mass is 10.1. The summed E-state index contributed by atoms with van der Waals surface area (Å²) in [4.78, 5) is 21.9. The van der Waals surface area contributed by atoms with E-state index < -0.39 is 10.9 Å². The van der Waals surface area contributed by atoms with Crippen LogP contribution >= 0.6 is 15.9 Å². The molecule has 1 rings (SSSR count). The third-order valence-corrected chi connectivity index (χ3v) is 2.65. The number of aryl methyl sites for hydroxylation is 1. The molecule has 1 aromatic carbocycles. The second-order valence-electron chi connectivity index (χ2n) is 3.07. The van der Waals surface area contributed by atoms with Crippen LogP contribution in [0.25, 0.3) is 0 Å². The molecule has 0 amide bonds. The first-order chi connectivity index (χ1) is 7.49. The molecule has 0 bridgehead atoms. The van der Waals surface area contributed by atoms with Gasteiger partial charge in [-0.15, -0.1) is 0 Å². The molecule has 6 heteroatoms. The Bertz CT molecular complexity index is 445. The molecule has 0 aliphatic heterocycles. The number of hydrogen-bond donors (Lipinski definition) is 0. The quantitative estimate of drug-likeness (QED) is 0.487. The number of hydrogen-bond acceptors (Lipinski definition) is 4. The zero-order valence-corrected chi connectivity index (χ0v) is 10.4. The average Bonchev–Trinajstić information content (AvgIpc) is 2.20. The van der Waals surface area contributed by atoms with Crippen LogP contribution in [0.15, 0.2) is 16.6 Å². The minimum absolute atomic E-state index is 0.0353. The fourth-order valence-electron chi connectivity index (χ4n) is 1.30. The van der Waals surface area contributed by atoms with Crippen LogP contribution < -0.4 is 0 Å². The van der Waals surface area contributed by atoms with Gasteiger partial charge in [-0.05, 0) is 35.8 Å². The zero-order chi connectivity index (χ0) is 12.3. The molecule has 0 saturated carbocycles. The number of carbonyl (C=O) groups is 1. The Kier molecular flexibility index (Phi) is 4.00. The average molecular weight is 288 g/mol. The maximum absolute atomic E-state index is 11.6. The van der Waals surface area contributed by atoms with E-state index in [0.717, 1.165) is 0 Å². The Morgan fingerprint density at radius 2 is 2.19 bits per heavy atom. The number of esters is 1. The number of nitro benzene ring substituents is 1. The van der Waals surface area contributed by atoms with E-state index in [1.54, 1.807) is 26.0 Å². The van der Waals surface area contributed by atoms with Crippen molar-refractivity contribution in [2.45, 2.75) is 13.8 Å². The van der Waals surface area contributed by atoms with Crippen LogP contribution in [0.5, 0.6) is 0 Å². The van der Waals surface area contributed by atoms with Crippen LogP contribution in [0.1, 0.15) is 22.8 Å². The molecule has 0 aromatic heterocycles. The van der Waals surface area contributed by atoms with Gasteiger partial charge in [0.1, 0.15) is 0 Å². The SMILES string of the molecule is CCOC(=O)c1c(Br)ccc(C)c1[N+](=O)[O-]. The molecule has 0 unspecified atom stereocenters. The Labute approximate surface area is 101 Å². The Hall–Kier alpha value is -1.43. The van der Waals surface area contributed by atoms with E-state index >= 15 is 0 Å². The number of rotatable bonds is 3. The highest BCUT2D eigenvalue weighted by molar-refractivity contribution is 9.10. The molecule has 0 fully saturated rings. The van der Waals surface area contributed by atoms with Crippen molar-refractivity contribution in [3.8, 4) is 0 Å². The lowest BCUT2D eigenvalue weighted by molar-refractivity contribution is -0.385. The molecule has 1 aromatic rings. The molecule has 0 atom stereocenters. The summed E-state index contributed by atoms with van der Waals surface area (Å²) in [6.07, 6.45) is 0. The molecule has 16 heavy (non-hydrogen) atoms. The van der Waals surface area contributed by atoms with Gasteiger partial charge in [-0.2, -0.15) is 0 Å². The van der Waals surface area contributed by atoms with Crippen molar-refractivity contribution >= 4 is 27.6 Å². The summed E-state index contributed by atoms with van der Waals surface area (Å²) in [5, 5.41) is 10.9. The smallest absolute Gasteiger partial charge is 0.346 e. The van der Waals surface area contributed by atoms with Gasteiger partial charge in [-0.3, -0.25) is 10.1 Å². The fraction of sp³-hybridized carbons (Fsp3) is 0.300. The third kappa shape index (κ3) is 2.38. The highest BCUT2D eigenvalue weighted by Crippen LogP contribution is 2.30. The van der Waals surface area contributed by atoms with Crippen molar-refractivity contribution < 1.29 is 14.5 Å². The first-order valence-corrected chi connectivity index (χ1v) is 5.39. The number of halogens is 1. The highest BCUT2D eigenvalue weighted by atomic mass is 79.9. The predicted octanol–water partition coefficient (Wildman–Crippen LogP) is 2.84. The van der Waals surface area contributed by atoms with Gasteiger partial charge in [0.25, 0.3) is 5.69 Å². The van der Waals surface area contributed by atoms with Gasteiger partial charge in [0.2, 0.25) is 0 Å². The first kappa shape index (κ1) is 12.6. The van der Waals surface area contributed by atoms with Gasteiger partial charge >= 0.3 is 5.97 Å². The van der Waals surface area contributed by atoms with Crippen LogP contribution in [0.3, 0.4) is 0 Å². The van der Waals surface area contributed by atoms with E-state index in [2.05, 4.69) is 15.9 Å². The molecular weight excluding hydrogens is 278 g/mol. The van der Waals surface area contributed by atoms with Crippen LogP contribution in [-0.2, 0) is 4.74 Å². The molecule has 5 nitrogen and oxygen atoms in total. The monoisotopic (exact) mass is 287 g/mol. The maximum atomic E-state index is 11.6. The van der Waals surface area contributed by atoms with Crippen LogP contribution in [-0.4, -0.2) is 17.5 Å². The molecule has 0 aliphatic carbocycles. The molecule has 0 radical (unpaired) electrons. The van der Waals surface area contributed by atoms with Gasteiger partial charge in [0.15, 0.2) is 5.56 Å². The number of ether oxygens (including phenoxy) is 1. The summed E-state index contributed by atoms with van der Waals surface area (Å²) in [6, 6.07) is 3.17. The van der Waals surface area contributed by atoms with Gasteiger partial charge < -0.3 is 4.74 Å². The van der Waals surface area contributed by atoms with E-state index in [1.807, 2.05) is 0 Å². The van der Waals surface area contributed by atoms with Crippen LogP contribution in [0.4, 0.5) is 5.69 Å². The van der Waals surface area contributed by atoms with Crippen molar-refractivity contribution in [1.82, 2.24) is 0 Å². The first-order valence-electron chi connectivity index (χ1n) is 4.59. The third-order valence-electron chi connectivity index (χ3n) is 1.99. The van der Waals surface area contributed by atoms with Crippen molar-refractivity contribution in [1.29, 1.82) is 0 Å². The van der Waals surface area contributed by atoms with Crippen molar-refractivity contribution in [3.63, 3.8) is 0 Å². The van der Waals surface area contributed by atoms with Crippen LogP contribution in [0, 0.1) is 17.0 Å². The summed E-state index contributed by atoms with van der Waals surface area (Å²) in [5.74, 6) is -0.690. The molecule has 0 N–H and O–H groups in total. The van der Waals surface area contributed by atoms with Crippen molar-refractivity contribution in [3.05, 3.63) is 37.8 Å². The van der Waals surface area contributed by atoms with Crippen LogP contribution in [0.2, 0.25) is 0 Å². The minimum Gasteiger partial charge on any atom is -0.462 e. The topological polar surface area (TPSA) is 69.4 Å². The van der Waals surface area contributed by atoms with E-state index in [4.69, 9.17) is 4.74 Å². The molecule has 0 saturated heterocycles. The summed E-state index contributed by atoms with van der Waals surface area (Å²) in [5.41, 5.74) is 0.177. The molecule has 86 valence electrons. The second kappa shape index (κ2) is 5.07. The summed E-state index contributed by atoms with van der Waals surface area (Å²) in [7, 11) is 0.